The summed E-state index contributed by atoms with van der Waals surface area (Å²) in [4.78, 5) is 14.3. The Balaban J connectivity index is 2.12. The van der Waals surface area contributed by atoms with Gasteiger partial charge in [-0.1, -0.05) is 0 Å². The van der Waals surface area contributed by atoms with E-state index in [-0.39, 0.29) is 10.8 Å². The summed E-state index contributed by atoms with van der Waals surface area (Å²) < 4.78 is 32.5. The van der Waals surface area contributed by atoms with Crippen LogP contribution < -0.4 is 4.90 Å². The predicted octanol–water partition coefficient (Wildman–Crippen LogP) is 1.27. The van der Waals surface area contributed by atoms with Crippen molar-refractivity contribution in [3.8, 4) is 0 Å². The minimum atomic E-state index is -3.57. The lowest BCUT2D eigenvalue weighted by Crippen LogP contribution is -2.40. The molecule has 0 aromatic heterocycles. The third kappa shape index (κ3) is 2.38. The molecule has 0 atom stereocenters. The van der Waals surface area contributed by atoms with E-state index in [1.165, 1.54) is 4.31 Å². The van der Waals surface area contributed by atoms with Crippen molar-refractivity contribution in [2.75, 3.05) is 38.3 Å². The summed E-state index contributed by atoms with van der Waals surface area (Å²) in [6, 6.07) is 3.32. The maximum atomic E-state index is 12.9. The number of carbonyl (C=O) groups excluding carboxylic acids is 1. The highest BCUT2D eigenvalue weighted by atomic mass is 32.2. The molecule has 1 aromatic rings. The van der Waals surface area contributed by atoms with E-state index >= 15 is 0 Å². The van der Waals surface area contributed by atoms with E-state index in [0.29, 0.717) is 26.3 Å². The van der Waals surface area contributed by atoms with Gasteiger partial charge in [0.1, 0.15) is 0 Å². The number of benzene rings is 1. The highest BCUT2D eigenvalue weighted by molar-refractivity contribution is 7.89. The van der Waals surface area contributed by atoms with Crippen molar-refractivity contribution in [2.45, 2.75) is 31.1 Å². The molecule has 1 fully saturated rings. The molecule has 1 aromatic carbocycles. The molecular formula is C16H22N2O4S. The first kappa shape index (κ1) is 16.4. The van der Waals surface area contributed by atoms with Crippen LogP contribution in [0.25, 0.3) is 0 Å². The third-order valence-corrected chi connectivity index (χ3v) is 6.61. The van der Waals surface area contributed by atoms with Crippen LogP contribution in [0, 0.1) is 6.92 Å². The van der Waals surface area contributed by atoms with Crippen molar-refractivity contribution in [3.63, 3.8) is 0 Å². The minimum absolute atomic E-state index is 0.0171. The lowest BCUT2D eigenvalue weighted by molar-refractivity contribution is -0.121. The van der Waals surface area contributed by atoms with Crippen LogP contribution in [0.2, 0.25) is 0 Å². The normalized spacial score (nSPS) is 21.6. The smallest absolute Gasteiger partial charge is 0.243 e. The molecule has 0 bridgehead atoms. The number of rotatable bonds is 2. The number of carbonyl (C=O) groups is 1. The van der Waals surface area contributed by atoms with Gasteiger partial charge < -0.3 is 9.64 Å². The second kappa shape index (κ2) is 5.29. The zero-order valence-corrected chi connectivity index (χ0v) is 14.7. The molecule has 126 valence electrons. The Bertz CT molecular complexity index is 765. The summed E-state index contributed by atoms with van der Waals surface area (Å²) >= 11 is 0. The summed E-state index contributed by atoms with van der Waals surface area (Å²) in [6.07, 6.45) is 0. The van der Waals surface area contributed by atoms with Crippen LogP contribution in [0.1, 0.15) is 25.0 Å². The van der Waals surface area contributed by atoms with E-state index in [0.717, 1.165) is 16.8 Å². The molecule has 7 heteroatoms. The van der Waals surface area contributed by atoms with E-state index in [9.17, 15) is 13.2 Å². The molecule has 0 radical (unpaired) electrons. The van der Waals surface area contributed by atoms with Crippen molar-refractivity contribution in [1.29, 1.82) is 0 Å². The molecule has 0 unspecified atom stereocenters. The summed E-state index contributed by atoms with van der Waals surface area (Å²) in [7, 11) is -1.83. The van der Waals surface area contributed by atoms with Crippen molar-refractivity contribution in [3.05, 3.63) is 23.3 Å². The number of hydrogen-bond acceptors (Lipinski definition) is 4. The Labute approximate surface area is 137 Å². The first-order valence-electron chi connectivity index (χ1n) is 7.68. The summed E-state index contributed by atoms with van der Waals surface area (Å²) in [5, 5.41) is 0. The molecule has 0 N–H and O–H groups in total. The highest BCUT2D eigenvalue weighted by Crippen LogP contribution is 2.44. The van der Waals surface area contributed by atoms with E-state index < -0.39 is 15.4 Å². The molecule has 2 aliphatic rings. The number of hydrogen-bond donors (Lipinski definition) is 0. The maximum Gasteiger partial charge on any atom is 0.243 e. The molecule has 1 amide bonds. The number of sulfonamides is 1. The number of anilines is 1. The van der Waals surface area contributed by atoms with E-state index in [1.54, 1.807) is 24.1 Å². The largest absolute Gasteiger partial charge is 0.379 e. The van der Waals surface area contributed by atoms with Crippen molar-refractivity contribution in [2.24, 2.45) is 0 Å². The van der Waals surface area contributed by atoms with Crippen LogP contribution in [-0.2, 0) is 25.0 Å². The van der Waals surface area contributed by atoms with Crippen LogP contribution >= 0.6 is 0 Å². The molecule has 0 spiro atoms. The van der Waals surface area contributed by atoms with Crippen LogP contribution in [0.3, 0.4) is 0 Å². The number of likely N-dealkylation sites (N-methyl/N-ethyl adjacent to an activating group) is 1. The fraction of sp³-hybridized carbons (Fsp3) is 0.562. The van der Waals surface area contributed by atoms with Crippen molar-refractivity contribution in [1.82, 2.24) is 4.31 Å². The van der Waals surface area contributed by atoms with Gasteiger partial charge in [0.05, 0.1) is 29.2 Å². The number of nitrogens with zero attached hydrogens (tertiary/aromatic N) is 2. The van der Waals surface area contributed by atoms with E-state index in [2.05, 4.69) is 0 Å². The zero-order valence-electron chi connectivity index (χ0n) is 13.9. The Morgan fingerprint density at radius 3 is 2.39 bits per heavy atom. The van der Waals surface area contributed by atoms with Gasteiger partial charge in [-0.3, -0.25) is 4.79 Å². The number of morpholine rings is 1. The molecule has 2 heterocycles. The maximum absolute atomic E-state index is 12.9. The Hall–Kier alpha value is -1.44. The first-order valence-corrected chi connectivity index (χ1v) is 9.12. The van der Waals surface area contributed by atoms with Gasteiger partial charge in [-0.2, -0.15) is 4.31 Å². The molecule has 0 saturated carbocycles. The average molecular weight is 338 g/mol. The van der Waals surface area contributed by atoms with E-state index in [1.807, 2.05) is 20.8 Å². The fourth-order valence-corrected chi connectivity index (χ4v) is 4.91. The zero-order chi connectivity index (χ0) is 17.0. The van der Waals surface area contributed by atoms with Gasteiger partial charge in [-0.15, -0.1) is 0 Å². The minimum Gasteiger partial charge on any atom is -0.379 e. The average Bonchev–Trinajstić information content (AvgIpc) is 2.69. The van der Waals surface area contributed by atoms with Crippen molar-refractivity contribution >= 4 is 21.6 Å². The summed E-state index contributed by atoms with van der Waals surface area (Å²) in [5.41, 5.74) is 1.68. The quantitative estimate of drug-likeness (QED) is 0.814. The van der Waals surface area contributed by atoms with Gasteiger partial charge in [0, 0.05) is 20.1 Å². The third-order valence-electron chi connectivity index (χ3n) is 4.73. The van der Waals surface area contributed by atoms with Gasteiger partial charge in [0.15, 0.2) is 0 Å². The number of aryl methyl sites for hydroxylation is 1. The number of fused-ring (bicyclic) bond motifs is 1. The lowest BCUT2D eigenvalue weighted by atomic mass is 9.85. The second-order valence-corrected chi connectivity index (χ2v) is 8.58. The Morgan fingerprint density at radius 1 is 1.17 bits per heavy atom. The molecule has 23 heavy (non-hydrogen) atoms. The summed E-state index contributed by atoms with van der Waals surface area (Å²) in [5.74, 6) is -0.0171. The SMILES string of the molecule is Cc1cc(S(=O)(=O)N2CCOCC2)cc2c1N(C)C(=O)C2(C)C. The molecule has 1 saturated heterocycles. The van der Waals surface area contributed by atoms with Crippen LogP contribution in [0.4, 0.5) is 5.69 Å². The van der Waals surface area contributed by atoms with Gasteiger partial charge >= 0.3 is 0 Å². The Kier molecular flexibility index (Phi) is 3.78. The molecule has 3 rings (SSSR count). The second-order valence-electron chi connectivity index (χ2n) is 6.64. The predicted molar refractivity (Wildman–Crippen MR) is 87.2 cm³/mol. The van der Waals surface area contributed by atoms with Crippen molar-refractivity contribution < 1.29 is 17.9 Å². The molecule has 0 aliphatic carbocycles. The number of ether oxygens (including phenoxy) is 1. The molecule has 2 aliphatic heterocycles. The molecule has 6 nitrogen and oxygen atoms in total. The summed E-state index contributed by atoms with van der Waals surface area (Å²) in [6.45, 7) is 7.07. The Morgan fingerprint density at radius 2 is 1.78 bits per heavy atom. The van der Waals surface area contributed by atoms with Crippen LogP contribution in [0.5, 0.6) is 0 Å². The van der Waals surface area contributed by atoms with Gasteiger partial charge in [0.2, 0.25) is 15.9 Å². The van der Waals surface area contributed by atoms with Gasteiger partial charge in [-0.05, 0) is 44.0 Å². The molecular weight excluding hydrogens is 316 g/mol. The van der Waals surface area contributed by atoms with Gasteiger partial charge in [0.25, 0.3) is 0 Å². The number of amides is 1. The fourth-order valence-electron chi connectivity index (χ4n) is 3.39. The topological polar surface area (TPSA) is 66.9 Å². The monoisotopic (exact) mass is 338 g/mol. The van der Waals surface area contributed by atoms with Crippen LogP contribution in [-0.4, -0.2) is 52.0 Å². The highest BCUT2D eigenvalue weighted by Gasteiger charge is 2.44. The lowest BCUT2D eigenvalue weighted by Gasteiger charge is -2.27. The van der Waals surface area contributed by atoms with Gasteiger partial charge in [-0.25, -0.2) is 8.42 Å². The van der Waals surface area contributed by atoms with E-state index in [4.69, 9.17) is 4.74 Å². The first-order chi connectivity index (χ1) is 10.7. The van der Waals surface area contributed by atoms with Crippen LogP contribution in [0.15, 0.2) is 17.0 Å². The standard InChI is InChI=1S/C16H22N2O4S/c1-11-9-12(23(20,21)18-5-7-22-8-6-18)10-13-14(11)17(4)15(19)16(13,2)3/h9-10H,5-8H2,1-4H3.